The quantitative estimate of drug-likeness (QED) is 0.609. The van der Waals surface area contributed by atoms with Crippen molar-refractivity contribution in [3.8, 4) is 17.2 Å². The molecule has 0 aliphatic heterocycles. The van der Waals surface area contributed by atoms with E-state index in [9.17, 15) is 10.2 Å². The van der Waals surface area contributed by atoms with Crippen molar-refractivity contribution in [2.45, 2.75) is 34.1 Å². The number of likely N-dealkylation sites (N-methyl/N-ethyl adjacent to an activating group) is 1. The summed E-state index contributed by atoms with van der Waals surface area (Å²) in [6.45, 7) is 10.1. The van der Waals surface area contributed by atoms with Crippen LogP contribution in [0.4, 0.5) is 5.69 Å². The summed E-state index contributed by atoms with van der Waals surface area (Å²) in [6.07, 6.45) is 0.828. The average Bonchev–Trinajstić information content (AvgIpc) is 2.53. The van der Waals surface area contributed by atoms with Gasteiger partial charge in [0.05, 0.1) is 12.2 Å². The summed E-state index contributed by atoms with van der Waals surface area (Å²) in [5.41, 5.74) is 2.72. The second kappa shape index (κ2) is 9.17. The number of hydrogen-bond donors (Lipinski definition) is 2. The highest BCUT2D eigenvalue weighted by atomic mass is 79.9. The maximum Gasteiger partial charge on any atom is 0.142 e. The number of halogens is 1. The summed E-state index contributed by atoms with van der Waals surface area (Å²) in [5, 5.41) is 20.4. The Labute approximate surface area is 164 Å². The van der Waals surface area contributed by atoms with Gasteiger partial charge in [-0.05, 0) is 61.6 Å². The van der Waals surface area contributed by atoms with E-state index in [-0.39, 0.29) is 5.75 Å². The summed E-state index contributed by atoms with van der Waals surface area (Å²) < 4.78 is 6.75. The first-order valence-corrected chi connectivity index (χ1v) is 9.79. The first-order chi connectivity index (χ1) is 12.3. The zero-order chi connectivity index (χ0) is 19.3. The lowest BCUT2D eigenvalue weighted by Gasteiger charge is -2.26. The number of phenols is 2. The molecule has 142 valence electrons. The molecule has 0 bridgehead atoms. The molecule has 0 atom stereocenters. The predicted octanol–water partition coefficient (Wildman–Crippen LogP) is 5.27. The Bertz CT molecular complexity index is 726. The third kappa shape index (κ3) is 5.56. The molecular weight excluding hydrogens is 394 g/mol. The molecule has 4 nitrogen and oxygen atoms in total. The van der Waals surface area contributed by atoms with Crippen molar-refractivity contribution in [1.29, 1.82) is 0 Å². The number of aromatic hydroxyl groups is 2. The third-order valence-electron chi connectivity index (χ3n) is 4.15. The van der Waals surface area contributed by atoms with Crippen LogP contribution in [0, 0.1) is 12.8 Å². The van der Waals surface area contributed by atoms with E-state index in [4.69, 9.17) is 4.74 Å². The Morgan fingerprint density at radius 3 is 2.46 bits per heavy atom. The average molecular weight is 422 g/mol. The second-order valence-corrected chi connectivity index (χ2v) is 7.88. The van der Waals surface area contributed by atoms with Crippen molar-refractivity contribution in [3.05, 3.63) is 45.9 Å². The molecule has 2 rings (SSSR count). The topological polar surface area (TPSA) is 52.9 Å². The molecule has 0 saturated carbocycles. The summed E-state index contributed by atoms with van der Waals surface area (Å²) in [5.74, 6) is 1.67. The van der Waals surface area contributed by atoms with Crippen LogP contribution in [0.25, 0.3) is 0 Å². The first-order valence-electron chi connectivity index (χ1n) is 9.00. The Morgan fingerprint density at radius 1 is 1.12 bits per heavy atom. The predicted molar refractivity (Wildman–Crippen MR) is 111 cm³/mol. The molecule has 5 heteroatoms. The Morgan fingerprint density at radius 2 is 1.85 bits per heavy atom. The van der Waals surface area contributed by atoms with Crippen molar-refractivity contribution in [1.82, 2.24) is 0 Å². The minimum atomic E-state index is 0.204. The lowest BCUT2D eigenvalue weighted by molar-refractivity contribution is 0.321. The molecule has 0 aliphatic rings. The number of ether oxygens (including phenoxy) is 1. The molecule has 0 fully saturated rings. The van der Waals surface area contributed by atoms with Crippen LogP contribution < -0.4 is 9.64 Å². The van der Waals surface area contributed by atoms with Crippen LogP contribution in [0.2, 0.25) is 0 Å². The van der Waals surface area contributed by atoms with E-state index in [1.54, 1.807) is 12.1 Å². The van der Waals surface area contributed by atoms with Gasteiger partial charge in [-0.1, -0.05) is 29.8 Å². The fraction of sp³-hybridized carbons (Fsp3) is 0.429. The molecule has 2 aromatic rings. The van der Waals surface area contributed by atoms with Crippen molar-refractivity contribution in [2.75, 3.05) is 24.6 Å². The van der Waals surface area contributed by atoms with Gasteiger partial charge in [0.25, 0.3) is 0 Å². The van der Waals surface area contributed by atoms with E-state index in [1.165, 1.54) is 0 Å². The maximum absolute atomic E-state index is 10.7. The lowest BCUT2D eigenvalue weighted by Crippen LogP contribution is -2.28. The second-order valence-electron chi connectivity index (χ2n) is 6.96. The normalized spacial score (nSPS) is 11.0. The Balaban J connectivity index is 2.11. The standard InChI is InChI=1S/C21H28BrNO3/c1-5-23(6-7-26-19-10-15(4)9-18(24)13-19)20-12-17(22)11-16(21(20)25)8-14(2)3/h9-14,24-25H,5-8H2,1-4H3. The van der Waals surface area contributed by atoms with E-state index in [1.807, 2.05) is 25.1 Å². The van der Waals surface area contributed by atoms with Crippen LogP contribution in [-0.4, -0.2) is 29.9 Å². The highest BCUT2D eigenvalue weighted by Gasteiger charge is 2.15. The van der Waals surface area contributed by atoms with Crippen molar-refractivity contribution in [2.24, 2.45) is 5.92 Å². The summed E-state index contributed by atoms with van der Waals surface area (Å²) >= 11 is 3.56. The molecule has 0 radical (unpaired) electrons. The SMILES string of the molecule is CCN(CCOc1cc(C)cc(O)c1)c1cc(Br)cc(CC(C)C)c1O. The minimum Gasteiger partial charge on any atom is -0.508 e. The molecule has 0 spiro atoms. The molecule has 0 saturated heterocycles. The van der Waals surface area contributed by atoms with Gasteiger partial charge in [-0.15, -0.1) is 0 Å². The van der Waals surface area contributed by atoms with Crippen LogP contribution in [0.5, 0.6) is 17.2 Å². The number of nitrogens with zero attached hydrogens (tertiary/aromatic N) is 1. The van der Waals surface area contributed by atoms with Gasteiger partial charge >= 0.3 is 0 Å². The highest BCUT2D eigenvalue weighted by molar-refractivity contribution is 9.10. The van der Waals surface area contributed by atoms with Gasteiger partial charge in [0.2, 0.25) is 0 Å². The first kappa shape index (κ1) is 20.4. The van der Waals surface area contributed by atoms with Gasteiger partial charge in [-0.3, -0.25) is 0 Å². The zero-order valence-corrected chi connectivity index (χ0v) is 17.5. The molecule has 0 aliphatic carbocycles. The molecule has 2 aromatic carbocycles. The van der Waals surface area contributed by atoms with E-state index in [0.29, 0.717) is 30.6 Å². The summed E-state index contributed by atoms with van der Waals surface area (Å²) in [6, 6.07) is 9.13. The summed E-state index contributed by atoms with van der Waals surface area (Å²) in [7, 11) is 0. The number of rotatable bonds is 8. The van der Waals surface area contributed by atoms with Gasteiger partial charge in [-0.2, -0.15) is 0 Å². The lowest BCUT2D eigenvalue weighted by atomic mass is 10.0. The van der Waals surface area contributed by atoms with Crippen molar-refractivity contribution < 1.29 is 14.9 Å². The Hall–Kier alpha value is -1.88. The smallest absolute Gasteiger partial charge is 0.142 e. The highest BCUT2D eigenvalue weighted by Crippen LogP contribution is 2.35. The van der Waals surface area contributed by atoms with Crippen molar-refractivity contribution >= 4 is 21.6 Å². The van der Waals surface area contributed by atoms with Gasteiger partial charge in [0.1, 0.15) is 23.9 Å². The van der Waals surface area contributed by atoms with E-state index in [0.717, 1.165) is 34.3 Å². The fourth-order valence-electron chi connectivity index (χ4n) is 3.01. The van der Waals surface area contributed by atoms with Crippen LogP contribution in [-0.2, 0) is 6.42 Å². The van der Waals surface area contributed by atoms with Crippen LogP contribution in [0.15, 0.2) is 34.8 Å². The molecule has 0 unspecified atom stereocenters. The number of phenolic OH excluding ortho intramolecular Hbond substituents is 2. The van der Waals surface area contributed by atoms with Gasteiger partial charge in [0.15, 0.2) is 0 Å². The molecule has 2 N–H and O–H groups in total. The summed E-state index contributed by atoms with van der Waals surface area (Å²) in [4.78, 5) is 2.10. The van der Waals surface area contributed by atoms with Crippen molar-refractivity contribution in [3.63, 3.8) is 0 Å². The molecule has 0 aromatic heterocycles. The number of aryl methyl sites for hydroxylation is 1. The number of anilines is 1. The monoisotopic (exact) mass is 421 g/mol. The molecule has 26 heavy (non-hydrogen) atoms. The van der Waals surface area contributed by atoms with E-state index < -0.39 is 0 Å². The largest absolute Gasteiger partial charge is 0.508 e. The van der Waals surface area contributed by atoms with Crippen LogP contribution in [0.1, 0.15) is 31.9 Å². The zero-order valence-electron chi connectivity index (χ0n) is 15.9. The molecule has 0 amide bonds. The van der Waals surface area contributed by atoms with Gasteiger partial charge in [-0.25, -0.2) is 0 Å². The minimum absolute atomic E-state index is 0.204. The molecule has 0 heterocycles. The number of hydrogen-bond acceptors (Lipinski definition) is 4. The van der Waals surface area contributed by atoms with Crippen LogP contribution >= 0.6 is 15.9 Å². The van der Waals surface area contributed by atoms with Crippen LogP contribution in [0.3, 0.4) is 0 Å². The Kier molecular flexibility index (Phi) is 7.21. The maximum atomic E-state index is 10.7. The third-order valence-corrected chi connectivity index (χ3v) is 4.61. The van der Waals surface area contributed by atoms with Gasteiger partial charge < -0.3 is 19.8 Å². The number of benzene rings is 2. The van der Waals surface area contributed by atoms with E-state index in [2.05, 4.69) is 41.6 Å². The van der Waals surface area contributed by atoms with Gasteiger partial charge in [0, 0.05) is 17.1 Å². The molecular formula is C21H28BrNO3. The van der Waals surface area contributed by atoms with E-state index >= 15 is 0 Å². The fourth-order valence-corrected chi connectivity index (χ4v) is 3.50.